The van der Waals surface area contributed by atoms with Crippen molar-refractivity contribution in [3.8, 4) is 12.1 Å². The van der Waals surface area contributed by atoms with Crippen molar-refractivity contribution in [1.82, 2.24) is 0 Å². The van der Waals surface area contributed by atoms with E-state index < -0.39 is 5.97 Å². The molecule has 0 saturated heterocycles. The monoisotopic (exact) mass is 254 g/mol. The number of hydrogen-bond acceptors (Lipinski definition) is 4. The number of carbonyl (C=O) groups excluding carboxylic acids is 1. The number of hydrogen-bond donors (Lipinski definition) is 0. The van der Waals surface area contributed by atoms with Crippen molar-refractivity contribution in [2.45, 2.75) is 13.8 Å². The molecule has 0 spiro atoms. The van der Waals surface area contributed by atoms with Gasteiger partial charge in [0, 0.05) is 0 Å². The lowest BCUT2D eigenvalue weighted by atomic mass is 10.1. The lowest BCUT2D eigenvalue weighted by Crippen LogP contribution is -2.11. The lowest BCUT2D eigenvalue weighted by Gasteiger charge is -2.06. The minimum atomic E-state index is -0.663. The summed E-state index contributed by atoms with van der Waals surface area (Å²) >= 11 is 0. The van der Waals surface area contributed by atoms with Crippen LogP contribution in [-0.2, 0) is 9.53 Å². The SMILES string of the molecule is CC(C)COC(=O)C(C#N)=Cc1ccccc1C#N. The van der Waals surface area contributed by atoms with Crippen LogP contribution in [0, 0.1) is 28.6 Å². The maximum atomic E-state index is 11.7. The largest absolute Gasteiger partial charge is 0.461 e. The van der Waals surface area contributed by atoms with E-state index in [2.05, 4.69) is 0 Å². The zero-order chi connectivity index (χ0) is 14.3. The fourth-order valence-electron chi connectivity index (χ4n) is 1.34. The summed E-state index contributed by atoms with van der Waals surface area (Å²) in [4.78, 5) is 11.7. The number of ether oxygens (including phenoxy) is 1. The van der Waals surface area contributed by atoms with Crippen LogP contribution >= 0.6 is 0 Å². The van der Waals surface area contributed by atoms with Crippen molar-refractivity contribution in [2.24, 2.45) is 5.92 Å². The van der Waals surface area contributed by atoms with Crippen molar-refractivity contribution in [3.63, 3.8) is 0 Å². The molecule has 0 aliphatic heterocycles. The Bertz CT molecular complexity index is 575. The van der Waals surface area contributed by atoms with Gasteiger partial charge in [0.1, 0.15) is 11.6 Å². The van der Waals surface area contributed by atoms with Crippen LogP contribution in [0.2, 0.25) is 0 Å². The maximum absolute atomic E-state index is 11.7. The van der Waals surface area contributed by atoms with Crippen LogP contribution in [0.4, 0.5) is 0 Å². The normalized spacial score (nSPS) is 10.7. The van der Waals surface area contributed by atoms with E-state index in [9.17, 15) is 4.79 Å². The van der Waals surface area contributed by atoms with E-state index in [1.807, 2.05) is 19.9 Å². The topological polar surface area (TPSA) is 73.9 Å². The highest BCUT2D eigenvalue weighted by atomic mass is 16.5. The molecule has 0 saturated carbocycles. The molecule has 1 aromatic rings. The van der Waals surface area contributed by atoms with Crippen LogP contribution in [0.25, 0.3) is 6.08 Å². The van der Waals surface area contributed by atoms with Crippen molar-refractivity contribution in [1.29, 1.82) is 10.5 Å². The highest BCUT2D eigenvalue weighted by Crippen LogP contribution is 2.13. The fraction of sp³-hybridized carbons (Fsp3) is 0.267. The Morgan fingerprint density at radius 3 is 2.63 bits per heavy atom. The van der Waals surface area contributed by atoms with Gasteiger partial charge in [-0.3, -0.25) is 0 Å². The third kappa shape index (κ3) is 4.29. The first-order valence-electron chi connectivity index (χ1n) is 5.86. The van der Waals surface area contributed by atoms with Gasteiger partial charge < -0.3 is 4.74 Å². The Kier molecular flexibility index (Phi) is 5.32. The minimum Gasteiger partial charge on any atom is -0.461 e. The smallest absolute Gasteiger partial charge is 0.348 e. The summed E-state index contributed by atoms with van der Waals surface area (Å²) in [6.07, 6.45) is 1.38. The Labute approximate surface area is 112 Å². The van der Waals surface area contributed by atoms with Crippen molar-refractivity contribution in [2.75, 3.05) is 6.61 Å². The summed E-state index contributed by atoms with van der Waals surface area (Å²) in [5.41, 5.74) is 0.832. The molecule has 0 heterocycles. The van der Waals surface area contributed by atoms with Crippen molar-refractivity contribution >= 4 is 12.0 Å². The number of nitriles is 2. The van der Waals surface area contributed by atoms with Gasteiger partial charge in [0.25, 0.3) is 0 Å². The molecule has 0 unspecified atom stereocenters. The number of rotatable bonds is 4. The summed E-state index contributed by atoms with van der Waals surface area (Å²) < 4.78 is 4.99. The van der Waals surface area contributed by atoms with E-state index >= 15 is 0 Å². The summed E-state index contributed by atoms with van der Waals surface area (Å²) in [7, 11) is 0. The molecule has 1 aromatic carbocycles. The van der Waals surface area contributed by atoms with Gasteiger partial charge in [0.15, 0.2) is 0 Å². The van der Waals surface area contributed by atoms with Crippen molar-refractivity contribution < 1.29 is 9.53 Å². The molecular weight excluding hydrogens is 240 g/mol. The fourth-order valence-corrected chi connectivity index (χ4v) is 1.34. The predicted octanol–water partition coefficient (Wildman–Crippen LogP) is 2.66. The van der Waals surface area contributed by atoms with Gasteiger partial charge in [-0.15, -0.1) is 0 Å². The van der Waals surface area contributed by atoms with Gasteiger partial charge >= 0.3 is 5.97 Å². The first-order chi connectivity index (χ1) is 9.08. The molecule has 4 heteroatoms. The predicted molar refractivity (Wildman–Crippen MR) is 70.5 cm³/mol. The van der Waals surface area contributed by atoms with Gasteiger partial charge in [0.05, 0.1) is 18.2 Å². The van der Waals surface area contributed by atoms with E-state index in [0.717, 1.165) is 0 Å². The van der Waals surface area contributed by atoms with Crippen LogP contribution < -0.4 is 0 Å². The zero-order valence-corrected chi connectivity index (χ0v) is 10.9. The molecule has 0 aromatic heterocycles. The van der Waals surface area contributed by atoms with Crippen LogP contribution in [0.1, 0.15) is 25.0 Å². The van der Waals surface area contributed by atoms with E-state index in [-0.39, 0.29) is 18.1 Å². The van der Waals surface area contributed by atoms with Gasteiger partial charge in [-0.2, -0.15) is 10.5 Å². The quantitative estimate of drug-likeness (QED) is 0.470. The molecule has 0 fully saturated rings. The summed E-state index contributed by atoms with van der Waals surface area (Å²) in [5.74, 6) is -0.459. The van der Waals surface area contributed by atoms with E-state index in [4.69, 9.17) is 15.3 Å². The van der Waals surface area contributed by atoms with Crippen LogP contribution in [0.3, 0.4) is 0 Å². The standard InChI is InChI=1S/C15H14N2O2/c1-11(2)10-19-15(18)14(9-17)7-12-5-3-4-6-13(12)8-16/h3-7,11H,10H2,1-2H3. The van der Waals surface area contributed by atoms with E-state index in [1.165, 1.54) is 6.08 Å². The van der Waals surface area contributed by atoms with Gasteiger partial charge in [-0.25, -0.2) is 4.79 Å². The van der Waals surface area contributed by atoms with Crippen LogP contribution in [-0.4, -0.2) is 12.6 Å². The Morgan fingerprint density at radius 2 is 2.05 bits per heavy atom. The second kappa shape index (κ2) is 6.98. The Morgan fingerprint density at radius 1 is 1.37 bits per heavy atom. The third-order valence-electron chi connectivity index (χ3n) is 2.27. The molecule has 1 rings (SSSR count). The summed E-state index contributed by atoms with van der Waals surface area (Å²) in [6.45, 7) is 4.08. The summed E-state index contributed by atoms with van der Waals surface area (Å²) in [6, 6.07) is 10.6. The molecule has 0 aliphatic rings. The van der Waals surface area contributed by atoms with Gasteiger partial charge in [-0.1, -0.05) is 32.0 Å². The highest BCUT2D eigenvalue weighted by Gasteiger charge is 2.12. The third-order valence-corrected chi connectivity index (χ3v) is 2.27. The Hall–Kier alpha value is -2.59. The lowest BCUT2D eigenvalue weighted by molar-refractivity contribution is -0.139. The number of nitrogens with zero attached hydrogens (tertiary/aromatic N) is 2. The van der Waals surface area contributed by atoms with Crippen LogP contribution in [0.15, 0.2) is 29.8 Å². The highest BCUT2D eigenvalue weighted by molar-refractivity contribution is 5.98. The average molecular weight is 254 g/mol. The van der Waals surface area contributed by atoms with Gasteiger partial charge in [-0.05, 0) is 23.6 Å². The van der Waals surface area contributed by atoms with Crippen molar-refractivity contribution in [3.05, 3.63) is 41.0 Å². The average Bonchev–Trinajstić information content (AvgIpc) is 2.42. The second-order valence-electron chi connectivity index (χ2n) is 4.36. The molecule has 0 radical (unpaired) electrons. The molecule has 0 amide bonds. The number of benzene rings is 1. The molecule has 0 aliphatic carbocycles. The maximum Gasteiger partial charge on any atom is 0.348 e. The molecular formula is C15H14N2O2. The first-order valence-corrected chi connectivity index (χ1v) is 5.86. The molecule has 96 valence electrons. The zero-order valence-electron chi connectivity index (χ0n) is 10.9. The molecule has 0 atom stereocenters. The minimum absolute atomic E-state index is 0.108. The number of esters is 1. The van der Waals surface area contributed by atoms with Gasteiger partial charge in [0.2, 0.25) is 0 Å². The summed E-state index contributed by atoms with van der Waals surface area (Å²) in [5, 5.41) is 17.9. The Balaban J connectivity index is 2.97. The number of carbonyl (C=O) groups is 1. The molecule has 0 bridgehead atoms. The van der Waals surface area contributed by atoms with E-state index in [0.29, 0.717) is 11.1 Å². The first kappa shape index (κ1) is 14.5. The molecule has 0 N–H and O–H groups in total. The molecule has 4 nitrogen and oxygen atoms in total. The van der Waals surface area contributed by atoms with Crippen LogP contribution in [0.5, 0.6) is 0 Å². The second-order valence-corrected chi connectivity index (χ2v) is 4.36. The van der Waals surface area contributed by atoms with E-state index in [1.54, 1.807) is 30.3 Å². The molecule has 19 heavy (non-hydrogen) atoms.